The van der Waals surface area contributed by atoms with E-state index in [1.165, 1.54) is 18.9 Å². The molecule has 1 heterocycles. The zero-order chi connectivity index (χ0) is 21.3. The third kappa shape index (κ3) is 6.70. The Morgan fingerprint density at radius 1 is 1.10 bits per heavy atom. The number of Topliss-reactive ketones (excluding diaryl/α,β-unsaturated/α-hetero) is 1. The lowest BCUT2D eigenvalue weighted by Crippen LogP contribution is -2.44. The summed E-state index contributed by atoms with van der Waals surface area (Å²) in [5, 5.41) is 0. The van der Waals surface area contributed by atoms with Crippen LogP contribution >= 0.6 is 0 Å². The van der Waals surface area contributed by atoms with Crippen molar-refractivity contribution in [3.8, 4) is 5.75 Å². The molecule has 1 saturated heterocycles. The van der Waals surface area contributed by atoms with Gasteiger partial charge < -0.3 is 14.5 Å². The number of carbonyl (C=O) groups excluding carboxylic acids is 2. The van der Waals surface area contributed by atoms with Crippen molar-refractivity contribution in [1.29, 1.82) is 0 Å². The maximum absolute atomic E-state index is 13.0. The number of amides is 1. The fourth-order valence-electron chi connectivity index (χ4n) is 3.98. The molecular formula is C25H32N2O3. The second-order valence-electron chi connectivity index (χ2n) is 8.22. The summed E-state index contributed by atoms with van der Waals surface area (Å²) in [6.07, 6.45) is 3.18. The lowest BCUT2D eigenvalue weighted by molar-refractivity contribution is -0.134. The van der Waals surface area contributed by atoms with Crippen LogP contribution < -0.4 is 4.74 Å². The smallest absolute Gasteiger partial charge is 0.260 e. The second-order valence-corrected chi connectivity index (χ2v) is 8.22. The van der Waals surface area contributed by atoms with Crippen molar-refractivity contribution in [2.24, 2.45) is 5.92 Å². The Balaban J connectivity index is 1.60. The van der Waals surface area contributed by atoms with Gasteiger partial charge in [0.2, 0.25) is 0 Å². The molecule has 30 heavy (non-hydrogen) atoms. The summed E-state index contributed by atoms with van der Waals surface area (Å²) in [6, 6.07) is 17.2. The van der Waals surface area contributed by atoms with Crippen LogP contribution in [0.3, 0.4) is 0 Å². The first kappa shape index (κ1) is 22.0. The summed E-state index contributed by atoms with van der Waals surface area (Å²) < 4.78 is 5.73. The van der Waals surface area contributed by atoms with Crippen molar-refractivity contribution >= 4 is 11.7 Å². The lowest BCUT2D eigenvalue weighted by Gasteiger charge is -2.34. The fraction of sp³-hybridized carbons (Fsp3) is 0.440. The molecule has 0 aliphatic carbocycles. The van der Waals surface area contributed by atoms with Crippen LogP contribution in [0.2, 0.25) is 0 Å². The molecule has 1 aliphatic rings. The first-order chi connectivity index (χ1) is 14.5. The standard InChI is InChI=1S/C25H32N2O3/c1-20(28)23-10-12-24(13-11-23)30-19-25(29)27(16-14-21-7-4-3-5-8-21)18-22-9-6-15-26(2)17-22/h3-5,7-8,10-13,22H,6,9,14-19H2,1-2H3. The minimum atomic E-state index is 0.00908. The van der Waals surface area contributed by atoms with Crippen molar-refractivity contribution in [3.05, 3.63) is 65.7 Å². The van der Waals surface area contributed by atoms with Crippen LogP contribution in [-0.2, 0) is 11.2 Å². The van der Waals surface area contributed by atoms with Crippen LogP contribution in [-0.4, -0.2) is 61.3 Å². The molecule has 1 aliphatic heterocycles. The molecule has 0 aromatic heterocycles. The number of ketones is 1. The lowest BCUT2D eigenvalue weighted by atomic mass is 9.97. The van der Waals surface area contributed by atoms with Crippen LogP contribution in [0.15, 0.2) is 54.6 Å². The number of piperidine rings is 1. The first-order valence-corrected chi connectivity index (χ1v) is 10.8. The Hall–Kier alpha value is -2.66. The molecule has 1 amide bonds. The minimum Gasteiger partial charge on any atom is -0.484 e. The molecule has 0 radical (unpaired) electrons. The van der Waals surface area contributed by atoms with E-state index >= 15 is 0 Å². The van der Waals surface area contributed by atoms with Crippen molar-refractivity contribution < 1.29 is 14.3 Å². The molecule has 0 saturated carbocycles. The normalized spacial score (nSPS) is 16.8. The molecule has 2 aromatic carbocycles. The van der Waals surface area contributed by atoms with E-state index in [9.17, 15) is 9.59 Å². The maximum Gasteiger partial charge on any atom is 0.260 e. The van der Waals surface area contributed by atoms with E-state index in [1.54, 1.807) is 24.3 Å². The summed E-state index contributed by atoms with van der Waals surface area (Å²) >= 11 is 0. The number of likely N-dealkylation sites (tertiary alicyclic amines) is 1. The van der Waals surface area contributed by atoms with Crippen molar-refractivity contribution in [3.63, 3.8) is 0 Å². The van der Waals surface area contributed by atoms with Gasteiger partial charge in [0.15, 0.2) is 12.4 Å². The predicted octanol–water partition coefficient (Wildman–Crippen LogP) is 3.68. The van der Waals surface area contributed by atoms with Gasteiger partial charge in [-0.3, -0.25) is 9.59 Å². The third-order valence-electron chi connectivity index (χ3n) is 5.69. The SMILES string of the molecule is CC(=O)c1ccc(OCC(=O)N(CCc2ccccc2)CC2CCCN(C)C2)cc1. The van der Waals surface area contributed by atoms with Crippen molar-refractivity contribution in [1.82, 2.24) is 9.80 Å². The Bertz CT molecular complexity index is 820. The van der Waals surface area contributed by atoms with Crippen molar-refractivity contribution in [2.45, 2.75) is 26.2 Å². The van der Waals surface area contributed by atoms with Gasteiger partial charge in [0.1, 0.15) is 5.75 Å². The summed E-state index contributed by atoms with van der Waals surface area (Å²) in [5.41, 5.74) is 1.87. The van der Waals surface area contributed by atoms with Gasteiger partial charge in [-0.2, -0.15) is 0 Å². The highest BCUT2D eigenvalue weighted by Gasteiger charge is 2.23. The number of carbonyl (C=O) groups is 2. The number of nitrogens with zero attached hydrogens (tertiary/aromatic N) is 2. The molecule has 2 aromatic rings. The molecule has 0 spiro atoms. The molecule has 1 atom stereocenters. The van der Waals surface area contributed by atoms with Crippen LogP contribution in [0.25, 0.3) is 0 Å². The van der Waals surface area contributed by atoms with Gasteiger partial charge in [0, 0.05) is 25.2 Å². The Morgan fingerprint density at radius 2 is 1.83 bits per heavy atom. The molecule has 160 valence electrons. The number of benzene rings is 2. The monoisotopic (exact) mass is 408 g/mol. The molecule has 0 N–H and O–H groups in total. The van der Waals surface area contributed by atoms with Crippen LogP contribution in [0.1, 0.15) is 35.7 Å². The Labute approximate surface area is 179 Å². The summed E-state index contributed by atoms with van der Waals surface area (Å²) in [6.45, 7) is 5.16. The number of rotatable bonds is 9. The van der Waals surface area contributed by atoms with Crippen LogP contribution in [0.4, 0.5) is 0 Å². The topological polar surface area (TPSA) is 49.9 Å². The average Bonchev–Trinajstić information content (AvgIpc) is 2.76. The molecule has 5 nitrogen and oxygen atoms in total. The zero-order valence-electron chi connectivity index (χ0n) is 18.0. The quantitative estimate of drug-likeness (QED) is 0.594. The zero-order valence-corrected chi connectivity index (χ0v) is 18.0. The van der Waals surface area contributed by atoms with Gasteiger partial charge in [-0.05, 0) is 75.5 Å². The predicted molar refractivity (Wildman–Crippen MR) is 119 cm³/mol. The van der Waals surface area contributed by atoms with E-state index in [-0.39, 0.29) is 18.3 Å². The largest absolute Gasteiger partial charge is 0.484 e. The van der Waals surface area contributed by atoms with E-state index in [1.807, 2.05) is 23.1 Å². The van der Waals surface area contributed by atoms with Crippen LogP contribution in [0.5, 0.6) is 5.75 Å². The van der Waals surface area contributed by atoms with Gasteiger partial charge in [-0.25, -0.2) is 0 Å². The molecule has 5 heteroatoms. The number of hydrogen-bond donors (Lipinski definition) is 0. The fourth-order valence-corrected chi connectivity index (χ4v) is 3.98. The Kier molecular flexibility index (Phi) is 8.03. The van der Waals surface area contributed by atoms with E-state index in [2.05, 4.69) is 24.1 Å². The van der Waals surface area contributed by atoms with E-state index in [0.29, 0.717) is 23.8 Å². The molecule has 3 rings (SSSR count). The van der Waals surface area contributed by atoms with Gasteiger partial charge in [0.05, 0.1) is 0 Å². The number of ether oxygens (including phenoxy) is 1. The van der Waals surface area contributed by atoms with E-state index < -0.39 is 0 Å². The van der Waals surface area contributed by atoms with Gasteiger partial charge in [-0.15, -0.1) is 0 Å². The Morgan fingerprint density at radius 3 is 2.50 bits per heavy atom. The van der Waals surface area contributed by atoms with Crippen LogP contribution in [0, 0.1) is 5.92 Å². The highest BCUT2D eigenvalue weighted by Crippen LogP contribution is 2.18. The van der Waals surface area contributed by atoms with E-state index in [4.69, 9.17) is 4.74 Å². The van der Waals surface area contributed by atoms with Gasteiger partial charge >= 0.3 is 0 Å². The second kappa shape index (κ2) is 10.9. The summed E-state index contributed by atoms with van der Waals surface area (Å²) in [4.78, 5) is 28.7. The maximum atomic E-state index is 13.0. The highest BCUT2D eigenvalue weighted by atomic mass is 16.5. The third-order valence-corrected chi connectivity index (χ3v) is 5.69. The molecule has 1 unspecified atom stereocenters. The molecule has 0 bridgehead atoms. The van der Waals surface area contributed by atoms with Crippen molar-refractivity contribution in [2.75, 3.05) is 39.8 Å². The van der Waals surface area contributed by atoms with Gasteiger partial charge in [-0.1, -0.05) is 30.3 Å². The number of hydrogen-bond acceptors (Lipinski definition) is 4. The average molecular weight is 409 g/mol. The minimum absolute atomic E-state index is 0.00908. The van der Waals surface area contributed by atoms with E-state index in [0.717, 1.165) is 32.5 Å². The molecular weight excluding hydrogens is 376 g/mol. The first-order valence-electron chi connectivity index (χ1n) is 10.8. The molecule has 1 fully saturated rings. The summed E-state index contributed by atoms with van der Waals surface area (Å²) in [7, 11) is 2.15. The van der Waals surface area contributed by atoms with Gasteiger partial charge in [0.25, 0.3) is 5.91 Å². The summed E-state index contributed by atoms with van der Waals surface area (Å²) in [5.74, 6) is 1.13. The highest BCUT2D eigenvalue weighted by molar-refractivity contribution is 5.94.